The van der Waals surface area contributed by atoms with Crippen molar-refractivity contribution in [3.8, 4) is 28.3 Å². The first-order valence-electron chi connectivity index (χ1n) is 15.8. The monoisotopic (exact) mass is 587 g/mol. The molecule has 0 aliphatic carbocycles. The van der Waals surface area contributed by atoms with Crippen molar-refractivity contribution in [3.63, 3.8) is 0 Å². The minimum Gasteiger partial charge on any atom is -0.457 e. The molecule has 11 rings (SSSR count). The van der Waals surface area contributed by atoms with Crippen LogP contribution in [0, 0.1) is 0 Å². The summed E-state index contributed by atoms with van der Waals surface area (Å²) in [6.07, 6.45) is 0. The van der Waals surface area contributed by atoms with Crippen molar-refractivity contribution in [2.45, 2.75) is 5.41 Å². The number of hydrogen-bond donors (Lipinski definition) is 0. The molecular formula is C43H25NO2. The first kappa shape index (κ1) is 24.3. The first-order chi connectivity index (χ1) is 22.8. The van der Waals surface area contributed by atoms with E-state index in [1.165, 1.54) is 38.6 Å². The van der Waals surface area contributed by atoms with Crippen LogP contribution in [0.2, 0.25) is 0 Å². The van der Waals surface area contributed by atoms with Crippen LogP contribution in [0.1, 0.15) is 22.3 Å². The summed E-state index contributed by atoms with van der Waals surface area (Å²) in [6, 6.07) is 54.5. The Balaban J connectivity index is 1.26. The minimum atomic E-state index is -0.575. The van der Waals surface area contributed by atoms with Crippen LogP contribution in [-0.4, -0.2) is 4.57 Å². The molecule has 3 heteroatoms. The number of benzene rings is 7. The molecule has 0 fully saturated rings. The summed E-state index contributed by atoms with van der Waals surface area (Å²) in [4.78, 5) is 0. The van der Waals surface area contributed by atoms with Crippen LogP contribution in [0.25, 0.3) is 60.6 Å². The van der Waals surface area contributed by atoms with Crippen LogP contribution in [0.15, 0.2) is 156 Å². The lowest BCUT2D eigenvalue weighted by Gasteiger charge is -2.45. The van der Waals surface area contributed by atoms with Gasteiger partial charge >= 0.3 is 0 Å². The average molecular weight is 588 g/mol. The summed E-state index contributed by atoms with van der Waals surface area (Å²) in [5, 5.41) is 4.78. The summed E-state index contributed by atoms with van der Waals surface area (Å²) < 4.78 is 15.8. The fourth-order valence-corrected chi connectivity index (χ4v) is 8.47. The molecule has 46 heavy (non-hydrogen) atoms. The summed E-state index contributed by atoms with van der Waals surface area (Å²) in [5.41, 5.74) is 11.8. The fourth-order valence-electron chi connectivity index (χ4n) is 8.47. The van der Waals surface area contributed by atoms with E-state index in [9.17, 15) is 0 Å². The van der Waals surface area contributed by atoms with Crippen molar-refractivity contribution in [1.29, 1.82) is 0 Å². The van der Waals surface area contributed by atoms with Gasteiger partial charge < -0.3 is 13.7 Å². The zero-order valence-electron chi connectivity index (χ0n) is 24.7. The lowest BCUT2D eigenvalue weighted by Crippen LogP contribution is -2.37. The van der Waals surface area contributed by atoms with Crippen molar-refractivity contribution in [2.75, 3.05) is 0 Å². The van der Waals surface area contributed by atoms with E-state index in [1.54, 1.807) is 0 Å². The highest BCUT2D eigenvalue weighted by molar-refractivity contribution is 6.12. The molecule has 2 aromatic heterocycles. The molecule has 0 bridgehead atoms. The van der Waals surface area contributed by atoms with Gasteiger partial charge in [0.1, 0.15) is 22.7 Å². The standard InChI is InChI=1S/C43H25NO2/c1-5-19-36-28(11-1)30-14-10-18-35-41(30)44(36)37-20-6-3-16-32(37)43(35)33-17-4-8-22-39(33)45-40-25-26(23-24-34(40)43)27-13-9-15-31-29-12-2-7-21-38(29)46-42(27)31/h1-25H. The Morgan fingerprint density at radius 2 is 1.17 bits per heavy atom. The molecule has 7 aromatic carbocycles. The van der Waals surface area contributed by atoms with Gasteiger partial charge in [-0.2, -0.15) is 0 Å². The third-order valence-corrected chi connectivity index (χ3v) is 10.3. The van der Waals surface area contributed by atoms with Gasteiger partial charge in [0, 0.05) is 38.2 Å². The second kappa shape index (κ2) is 8.56. The number of nitrogens with zero attached hydrogens (tertiary/aromatic N) is 1. The molecule has 0 N–H and O–H groups in total. The maximum Gasteiger partial charge on any atom is 0.143 e. The lowest BCUT2D eigenvalue weighted by atomic mass is 9.61. The largest absolute Gasteiger partial charge is 0.457 e. The molecular weight excluding hydrogens is 562 g/mol. The van der Waals surface area contributed by atoms with Gasteiger partial charge in [0.25, 0.3) is 0 Å². The lowest BCUT2D eigenvalue weighted by molar-refractivity contribution is 0.434. The molecule has 0 saturated carbocycles. The summed E-state index contributed by atoms with van der Waals surface area (Å²) in [5.74, 6) is 1.74. The normalized spacial score (nSPS) is 16.1. The van der Waals surface area contributed by atoms with Crippen LogP contribution in [-0.2, 0) is 5.41 Å². The number of fused-ring (bicyclic) bond motifs is 14. The minimum absolute atomic E-state index is 0.575. The van der Waals surface area contributed by atoms with Gasteiger partial charge in [-0.15, -0.1) is 0 Å². The highest BCUT2D eigenvalue weighted by atomic mass is 16.5. The van der Waals surface area contributed by atoms with Crippen LogP contribution < -0.4 is 4.74 Å². The second-order valence-corrected chi connectivity index (χ2v) is 12.4. The molecule has 2 aliphatic rings. The van der Waals surface area contributed by atoms with E-state index in [-0.39, 0.29) is 0 Å². The summed E-state index contributed by atoms with van der Waals surface area (Å²) >= 11 is 0. The number of furan rings is 1. The zero-order chi connectivity index (χ0) is 30.0. The van der Waals surface area contributed by atoms with Crippen molar-refractivity contribution in [1.82, 2.24) is 4.57 Å². The molecule has 1 unspecified atom stereocenters. The Morgan fingerprint density at radius 1 is 0.478 bits per heavy atom. The SMILES string of the molecule is c1ccc2c(c1)Oc1cc(-c3cccc4c3oc3ccccc34)ccc1C21c2ccccc2-n2c3ccccc3c3cccc1c32. The molecule has 214 valence electrons. The van der Waals surface area contributed by atoms with E-state index in [2.05, 4.69) is 144 Å². The van der Waals surface area contributed by atoms with Crippen molar-refractivity contribution in [3.05, 3.63) is 174 Å². The molecule has 4 heterocycles. The van der Waals surface area contributed by atoms with E-state index in [0.717, 1.165) is 55.7 Å². The first-order valence-corrected chi connectivity index (χ1v) is 15.8. The van der Waals surface area contributed by atoms with E-state index in [1.807, 2.05) is 12.1 Å². The van der Waals surface area contributed by atoms with E-state index in [4.69, 9.17) is 9.15 Å². The number of para-hydroxylation sites is 6. The van der Waals surface area contributed by atoms with E-state index in [0.29, 0.717) is 0 Å². The van der Waals surface area contributed by atoms with E-state index < -0.39 is 5.41 Å². The molecule has 0 radical (unpaired) electrons. The molecule has 9 aromatic rings. The zero-order valence-corrected chi connectivity index (χ0v) is 24.7. The summed E-state index contributed by atoms with van der Waals surface area (Å²) in [6.45, 7) is 0. The summed E-state index contributed by atoms with van der Waals surface area (Å²) in [7, 11) is 0. The van der Waals surface area contributed by atoms with Gasteiger partial charge in [-0.25, -0.2) is 0 Å². The highest BCUT2D eigenvalue weighted by Crippen LogP contribution is 2.60. The fraction of sp³-hybridized carbons (Fsp3) is 0.0233. The molecule has 0 amide bonds. The van der Waals surface area contributed by atoms with Crippen molar-refractivity contribution < 1.29 is 9.15 Å². The average Bonchev–Trinajstić information content (AvgIpc) is 3.67. The molecule has 0 saturated heterocycles. The Morgan fingerprint density at radius 3 is 2.13 bits per heavy atom. The maximum absolute atomic E-state index is 6.86. The smallest absolute Gasteiger partial charge is 0.143 e. The van der Waals surface area contributed by atoms with Gasteiger partial charge in [0.2, 0.25) is 0 Å². The van der Waals surface area contributed by atoms with Gasteiger partial charge in [0.05, 0.1) is 22.1 Å². The highest BCUT2D eigenvalue weighted by Gasteiger charge is 2.50. The number of hydrogen-bond acceptors (Lipinski definition) is 2. The van der Waals surface area contributed by atoms with Gasteiger partial charge in [-0.3, -0.25) is 0 Å². The Hall–Kier alpha value is -6.06. The van der Waals surface area contributed by atoms with E-state index >= 15 is 0 Å². The van der Waals surface area contributed by atoms with Crippen LogP contribution in [0.4, 0.5) is 0 Å². The maximum atomic E-state index is 6.86. The Labute approximate surface area is 264 Å². The predicted octanol–water partition coefficient (Wildman–Crippen LogP) is 11.2. The number of aromatic nitrogens is 1. The van der Waals surface area contributed by atoms with Crippen LogP contribution in [0.5, 0.6) is 11.5 Å². The Kier molecular flexibility index (Phi) is 4.52. The van der Waals surface area contributed by atoms with Crippen LogP contribution in [0.3, 0.4) is 0 Å². The molecule has 3 nitrogen and oxygen atoms in total. The quantitative estimate of drug-likeness (QED) is 0.191. The van der Waals surface area contributed by atoms with Gasteiger partial charge in [-0.05, 0) is 47.0 Å². The molecule has 2 aliphatic heterocycles. The van der Waals surface area contributed by atoms with Crippen molar-refractivity contribution in [2.24, 2.45) is 0 Å². The molecule has 1 spiro atoms. The van der Waals surface area contributed by atoms with Crippen LogP contribution >= 0.6 is 0 Å². The topological polar surface area (TPSA) is 27.3 Å². The predicted molar refractivity (Wildman–Crippen MR) is 185 cm³/mol. The third-order valence-electron chi connectivity index (χ3n) is 10.3. The van der Waals surface area contributed by atoms with Gasteiger partial charge in [0.15, 0.2) is 0 Å². The Bertz CT molecular complexity index is 2750. The third kappa shape index (κ3) is 2.84. The number of rotatable bonds is 1. The van der Waals surface area contributed by atoms with Gasteiger partial charge in [-0.1, -0.05) is 121 Å². The second-order valence-electron chi connectivity index (χ2n) is 12.4. The number of ether oxygens (including phenoxy) is 1. The van der Waals surface area contributed by atoms with Crippen molar-refractivity contribution >= 4 is 43.7 Å². The molecule has 1 atom stereocenters.